The normalized spacial score (nSPS) is 12.0. The van der Waals surface area contributed by atoms with Crippen LogP contribution in [0.2, 0.25) is 0 Å². The Kier molecular flexibility index (Phi) is 3.06. The van der Waals surface area contributed by atoms with Crippen LogP contribution in [0, 0.1) is 0 Å². The van der Waals surface area contributed by atoms with Crippen LogP contribution in [-0.2, 0) is 0 Å². The second-order valence-electron chi connectivity index (χ2n) is 3.18. The zero-order chi connectivity index (χ0) is 6.62. The average Bonchev–Trinajstić information content (AvgIpc) is 1.59. The highest BCUT2D eigenvalue weighted by molar-refractivity contribution is 4.68. The topological polar surface area (TPSA) is 12.0 Å². The van der Waals surface area contributed by atoms with E-state index in [2.05, 4.69) is 33.0 Å². The van der Waals surface area contributed by atoms with Crippen molar-refractivity contribution in [1.82, 2.24) is 5.32 Å². The van der Waals surface area contributed by atoms with E-state index in [0.717, 1.165) is 6.54 Å². The van der Waals surface area contributed by atoms with Gasteiger partial charge in [0.2, 0.25) is 0 Å². The van der Waals surface area contributed by atoms with Gasteiger partial charge in [-0.15, -0.1) is 0 Å². The molecule has 1 nitrogen and oxygen atoms in total. The molecule has 0 bridgehead atoms. The smallest absolute Gasteiger partial charge is 0.00965 e. The van der Waals surface area contributed by atoms with Crippen LogP contribution < -0.4 is 5.32 Å². The van der Waals surface area contributed by atoms with Gasteiger partial charge in [0.25, 0.3) is 0 Å². The molecular formula is C7H17N. The minimum absolute atomic E-state index is 0.302. The van der Waals surface area contributed by atoms with E-state index < -0.39 is 0 Å². The van der Waals surface area contributed by atoms with Crippen LogP contribution in [0.15, 0.2) is 0 Å². The molecule has 0 atom stereocenters. The summed E-state index contributed by atoms with van der Waals surface area (Å²) in [6.07, 6.45) is 1.22. The van der Waals surface area contributed by atoms with Crippen LogP contribution in [-0.4, -0.2) is 12.1 Å². The van der Waals surface area contributed by atoms with Crippen molar-refractivity contribution in [3.63, 3.8) is 0 Å². The average molecular weight is 115 g/mol. The van der Waals surface area contributed by atoms with Crippen LogP contribution >= 0.6 is 0 Å². The van der Waals surface area contributed by atoms with E-state index in [0.29, 0.717) is 5.54 Å². The lowest BCUT2D eigenvalue weighted by atomic mass is 10.1. The largest absolute Gasteiger partial charge is 0.312 e. The molecule has 0 saturated carbocycles. The molecule has 0 spiro atoms. The van der Waals surface area contributed by atoms with Gasteiger partial charge in [-0.05, 0) is 33.7 Å². The standard InChI is InChI=1S/C7H17N/c1-5-6-8-7(2,3)4/h8H,5-6H2,1-4H3. The van der Waals surface area contributed by atoms with Crippen molar-refractivity contribution in [2.24, 2.45) is 0 Å². The van der Waals surface area contributed by atoms with Crippen molar-refractivity contribution in [3.05, 3.63) is 0 Å². The Morgan fingerprint density at radius 3 is 1.88 bits per heavy atom. The fourth-order valence-electron chi connectivity index (χ4n) is 0.500. The summed E-state index contributed by atoms with van der Waals surface area (Å²) in [5, 5.41) is 3.37. The van der Waals surface area contributed by atoms with E-state index in [1.807, 2.05) is 0 Å². The first kappa shape index (κ1) is 7.96. The fraction of sp³-hybridized carbons (Fsp3) is 1.00. The third kappa shape index (κ3) is 5.96. The summed E-state index contributed by atoms with van der Waals surface area (Å²) in [4.78, 5) is 0. The number of hydrogen-bond donors (Lipinski definition) is 1. The molecule has 0 rings (SSSR count). The maximum absolute atomic E-state index is 3.37. The number of rotatable bonds is 2. The highest BCUT2D eigenvalue weighted by atomic mass is 14.9. The van der Waals surface area contributed by atoms with E-state index in [9.17, 15) is 0 Å². The maximum atomic E-state index is 3.37. The molecule has 0 heterocycles. The number of nitrogens with one attached hydrogen (secondary N) is 1. The zero-order valence-electron chi connectivity index (χ0n) is 6.41. The zero-order valence-corrected chi connectivity index (χ0v) is 6.41. The second-order valence-corrected chi connectivity index (χ2v) is 3.18. The van der Waals surface area contributed by atoms with Crippen molar-refractivity contribution in [2.75, 3.05) is 6.54 Å². The first-order valence-corrected chi connectivity index (χ1v) is 3.31. The van der Waals surface area contributed by atoms with Crippen LogP contribution in [0.4, 0.5) is 0 Å². The fourth-order valence-corrected chi connectivity index (χ4v) is 0.500. The Morgan fingerprint density at radius 1 is 1.25 bits per heavy atom. The summed E-state index contributed by atoms with van der Waals surface area (Å²) in [6.45, 7) is 9.86. The Morgan fingerprint density at radius 2 is 1.75 bits per heavy atom. The molecule has 8 heavy (non-hydrogen) atoms. The number of hydrogen-bond acceptors (Lipinski definition) is 1. The molecule has 0 fully saturated rings. The molecule has 0 aliphatic heterocycles. The van der Waals surface area contributed by atoms with E-state index in [1.165, 1.54) is 6.42 Å². The Labute approximate surface area is 52.5 Å². The first-order valence-electron chi connectivity index (χ1n) is 3.31. The van der Waals surface area contributed by atoms with Gasteiger partial charge in [-0.3, -0.25) is 0 Å². The monoisotopic (exact) mass is 115 g/mol. The SMILES string of the molecule is CCCNC(C)(C)C. The predicted molar refractivity (Wildman–Crippen MR) is 38.0 cm³/mol. The van der Waals surface area contributed by atoms with Gasteiger partial charge in [-0.1, -0.05) is 6.92 Å². The van der Waals surface area contributed by atoms with Crippen molar-refractivity contribution >= 4 is 0 Å². The van der Waals surface area contributed by atoms with Gasteiger partial charge in [-0.25, -0.2) is 0 Å². The Bertz CT molecular complexity index is 51.9. The minimum atomic E-state index is 0.302. The van der Waals surface area contributed by atoms with Gasteiger partial charge >= 0.3 is 0 Å². The molecule has 1 heteroatoms. The van der Waals surface area contributed by atoms with Gasteiger partial charge in [0.15, 0.2) is 0 Å². The molecule has 0 unspecified atom stereocenters. The van der Waals surface area contributed by atoms with Crippen molar-refractivity contribution in [2.45, 2.75) is 39.7 Å². The Balaban J connectivity index is 3.11. The summed E-state index contributed by atoms with van der Waals surface area (Å²) in [5.74, 6) is 0. The van der Waals surface area contributed by atoms with E-state index in [1.54, 1.807) is 0 Å². The summed E-state index contributed by atoms with van der Waals surface area (Å²) >= 11 is 0. The van der Waals surface area contributed by atoms with Gasteiger partial charge in [0.1, 0.15) is 0 Å². The van der Waals surface area contributed by atoms with Crippen LogP contribution in [0.3, 0.4) is 0 Å². The molecule has 0 aliphatic rings. The molecule has 0 aromatic heterocycles. The lowest BCUT2D eigenvalue weighted by Crippen LogP contribution is -2.36. The lowest BCUT2D eigenvalue weighted by Gasteiger charge is -2.19. The van der Waals surface area contributed by atoms with Crippen molar-refractivity contribution < 1.29 is 0 Å². The molecule has 1 N–H and O–H groups in total. The molecule has 0 radical (unpaired) electrons. The molecule has 0 amide bonds. The molecule has 0 aromatic rings. The van der Waals surface area contributed by atoms with Crippen molar-refractivity contribution in [1.29, 1.82) is 0 Å². The quantitative estimate of drug-likeness (QED) is 0.578. The van der Waals surface area contributed by atoms with Crippen LogP contribution in [0.25, 0.3) is 0 Å². The third-order valence-corrected chi connectivity index (χ3v) is 0.905. The molecule has 0 aliphatic carbocycles. The minimum Gasteiger partial charge on any atom is -0.312 e. The predicted octanol–water partition coefficient (Wildman–Crippen LogP) is 1.78. The maximum Gasteiger partial charge on any atom is 0.00965 e. The van der Waals surface area contributed by atoms with E-state index in [-0.39, 0.29) is 0 Å². The Hall–Kier alpha value is -0.0400. The first-order chi connectivity index (χ1) is 3.56. The van der Waals surface area contributed by atoms with Crippen molar-refractivity contribution in [3.8, 4) is 0 Å². The van der Waals surface area contributed by atoms with Gasteiger partial charge in [0, 0.05) is 5.54 Å². The summed E-state index contributed by atoms with van der Waals surface area (Å²) in [5.41, 5.74) is 0.302. The van der Waals surface area contributed by atoms with Crippen LogP contribution in [0.5, 0.6) is 0 Å². The highest BCUT2D eigenvalue weighted by Gasteiger charge is 2.05. The van der Waals surface area contributed by atoms with E-state index >= 15 is 0 Å². The molecule has 0 aromatic carbocycles. The van der Waals surface area contributed by atoms with E-state index in [4.69, 9.17) is 0 Å². The molecular weight excluding hydrogens is 98.1 g/mol. The third-order valence-electron chi connectivity index (χ3n) is 0.905. The summed E-state index contributed by atoms with van der Waals surface area (Å²) < 4.78 is 0. The van der Waals surface area contributed by atoms with Gasteiger partial charge < -0.3 is 5.32 Å². The molecule has 50 valence electrons. The molecule has 0 saturated heterocycles. The van der Waals surface area contributed by atoms with Gasteiger partial charge in [-0.2, -0.15) is 0 Å². The second kappa shape index (κ2) is 3.08. The highest BCUT2D eigenvalue weighted by Crippen LogP contribution is 1.96. The lowest BCUT2D eigenvalue weighted by molar-refractivity contribution is 0.427. The summed E-state index contributed by atoms with van der Waals surface area (Å²) in [6, 6.07) is 0. The summed E-state index contributed by atoms with van der Waals surface area (Å²) in [7, 11) is 0. The van der Waals surface area contributed by atoms with Crippen LogP contribution in [0.1, 0.15) is 34.1 Å². The van der Waals surface area contributed by atoms with Gasteiger partial charge in [0.05, 0.1) is 0 Å².